The number of ketones is 1. The second-order valence-electron chi connectivity index (χ2n) is 5.55. The first-order valence-corrected chi connectivity index (χ1v) is 7.57. The normalized spacial score (nSPS) is 11.0. The molecule has 5 heteroatoms. The van der Waals surface area contributed by atoms with Gasteiger partial charge in [-0.15, -0.1) is 5.10 Å². The third-order valence-corrected chi connectivity index (χ3v) is 3.99. The maximum Gasteiger partial charge on any atom is 0.278 e. The first kappa shape index (κ1) is 14.3. The Morgan fingerprint density at radius 3 is 2.54 bits per heavy atom. The molecule has 1 heterocycles. The summed E-state index contributed by atoms with van der Waals surface area (Å²) in [5.41, 5.74) is 0.766. The number of Topliss-reactive ketones (excluding diaryl/α,β-unsaturated/α-hetero) is 1. The van der Waals surface area contributed by atoms with E-state index >= 15 is 0 Å². The first-order chi connectivity index (χ1) is 11.7. The second-order valence-corrected chi connectivity index (χ2v) is 5.55. The number of rotatable bonds is 3. The van der Waals surface area contributed by atoms with Gasteiger partial charge < -0.3 is 0 Å². The van der Waals surface area contributed by atoms with Gasteiger partial charge in [0, 0.05) is 5.56 Å². The zero-order valence-electron chi connectivity index (χ0n) is 12.7. The minimum Gasteiger partial charge on any atom is -0.292 e. The molecule has 0 aliphatic heterocycles. The number of carbonyl (C=O) groups is 1. The van der Waals surface area contributed by atoms with E-state index < -0.39 is 0 Å². The molecule has 0 aliphatic carbocycles. The van der Waals surface area contributed by atoms with E-state index in [4.69, 9.17) is 0 Å². The predicted molar refractivity (Wildman–Crippen MR) is 92.1 cm³/mol. The largest absolute Gasteiger partial charge is 0.292 e. The van der Waals surface area contributed by atoms with Crippen LogP contribution in [-0.2, 0) is 6.54 Å². The number of benzene rings is 3. The molecule has 0 saturated heterocycles. The molecule has 0 spiro atoms. The molecule has 0 N–H and O–H groups in total. The van der Waals surface area contributed by atoms with Gasteiger partial charge in [-0.3, -0.25) is 9.59 Å². The SMILES string of the molecule is O=C(Cn1nnc2ccccc2c1=O)c1ccc2ccccc2c1. The van der Waals surface area contributed by atoms with Gasteiger partial charge in [-0.1, -0.05) is 53.7 Å². The van der Waals surface area contributed by atoms with Crippen molar-refractivity contribution >= 4 is 27.5 Å². The summed E-state index contributed by atoms with van der Waals surface area (Å²) in [6.45, 7) is -0.130. The second kappa shape index (κ2) is 5.70. The van der Waals surface area contributed by atoms with Gasteiger partial charge in [0.25, 0.3) is 5.56 Å². The molecule has 0 fully saturated rings. The molecule has 0 saturated carbocycles. The van der Waals surface area contributed by atoms with E-state index in [1.165, 1.54) is 0 Å². The van der Waals surface area contributed by atoms with Crippen molar-refractivity contribution in [3.05, 3.63) is 82.6 Å². The monoisotopic (exact) mass is 315 g/mol. The number of carbonyl (C=O) groups excluding carboxylic acids is 1. The Balaban J connectivity index is 1.70. The average Bonchev–Trinajstić information content (AvgIpc) is 2.64. The summed E-state index contributed by atoms with van der Waals surface area (Å²) in [5, 5.41) is 10.4. The van der Waals surface area contributed by atoms with Crippen molar-refractivity contribution in [1.82, 2.24) is 15.0 Å². The summed E-state index contributed by atoms with van der Waals surface area (Å²) >= 11 is 0. The van der Waals surface area contributed by atoms with Crippen LogP contribution in [0.2, 0.25) is 0 Å². The Morgan fingerprint density at radius 1 is 0.917 bits per heavy atom. The highest BCUT2D eigenvalue weighted by Gasteiger charge is 2.11. The van der Waals surface area contributed by atoms with Crippen LogP contribution in [0.15, 0.2) is 71.5 Å². The van der Waals surface area contributed by atoms with Crippen LogP contribution in [0, 0.1) is 0 Å². The zero-order chi connectivity index (χ0) is 16.5. The Bertz CT molecular complexity index is 1130. The molecule has 3 aromatic carbocycles. The number of hydrogen-bond acceptors (Lipinski definition) is 4. The van der Waals surface area contributed by atoms with E-state index in [0.717, 1.165) is 15.5 Å². The summed E-state index contributed by atoms with van der Waals surface area (Å²) in [4.78, 5) is 24.9. The molecular weight excluding hydrogens is 302 g/mol. The van der Waals surface area contributed by atoms with Crippen LogP contribution in [0.4, 0.5) is 0 Å². The van der Waals surface area contributed by atoms with Crippen LogP contribution >= 0.6 is 0 Å². The minimum absolute atomic E-state index is 0.130. The molecular formula is C19H13N3O2. The minimum atomic E-state index is -0.310. The number of fused-ring (bicyclic) bond motifs is 2. The topological polar surface area (TPSA) is 64.8 Å². The molecule has 0 bridgehead atoms. The highest BCUT2D eigenvalue weighted by molar-refractivity contribution is 5.99. The van der Waals surface area contributed by atoms with E-state index in [9.17, 15) is 9.59 Å². The van der Waals surface area contributed by atoms with Gasteiger partial charge in [0.05, 0.1) is 5.39 Å². The van der Waals surface area contributed by atoms with Crippen LogP contribution in [0.3, 0.4) is 0 Å². The maximum atomic E-state index is 12.5. The third-order valence-electron chi connectivity index (χ3n) is 3.99. The molecule has 0 radical (unpaired) electrons. The van der Waals surface area contributed by atoms with E-state index in [1.54, 1.807) is 30.3 Å². The molecule has 0 aliphatic rings. The lowest BCUT2D eigenvalue weighted by Crippen LogP contribution is -2.27. The summed E-state index contributed by atoms with van der Waals surface area (Å²) in [5.74, 6) is -0.174. The molecule has 0 amide bonds. The lowest BCUT2D eigenvalue weighted by molar-refractivity contribution is 0.0965. The number of nitrogens with zero attached hydrogens (tertiary/aromatic N) is 3. The van der Waals surface area contributed by atoms with Crippen molar-refractivity contribution in [1.29, 1.82) is 0 Å². The maximum absolute atomic E-state index is 12.5. The zero-order valence-corrected chi connectivity index (χ0v) is 12.7. The molecule has 0 atom stereocenters. The fourth-order valence-corrected chi connectivity index (χ4v) is 2.72. The van der Waals surface area contributed by atoms with E-state index in [1.807, 2.05) is 36.4 Å². The van der Waals surface area contributed by atoms with Gasteiger partial charge in [-0.25, -0.2) is 4.68 Å². The van der Waals surface area contributed by atoms with E-state index in [-0.39, 0.29) is 17.9 Å². The van der Waals surface area contributed by atoms with Gasteiger partial charge in [-0.05, 0) is 29.0 Å². The highest BCUT2D eigenvalue weighted by Crippen LogP contribution is 2.16. The van der Waals surface area contributed by atoms with Crippen molar-refractivity contribution < 1.29 is 4.79 Å². The standard InChI is InChI=1S/C19H13N3O2/c23-18(15-10-9-13-5-1-2-6-14(13)11-15)12-22-19(24)16-7-3-4-8-17(16)20-21-22/h1-11H,12H2. The van der Waals surface area contributed by atoms with Gasteiger partial charge in [-0.2, -0.15) is 0 Å². The smallest absolute Gasteiger partial charge is 0.278 e. The molecule has 4 aromatic rings. The highest BCUT2D eigenvalue weighted by atomic mass is 16.1. The molecule has 116 valence electrons. The van der Waals surface area contributed by atoms with Crippen molar-refractivity contribution in [3.8, 4) is 0 Å². The first-order valence-electron chi connectivity index (χ1n) is 7.57. The fourth-order valence-electron chi connectivity index (χ4n) is 2.72. The third kappa shape index (κ3) is 2.46. The number of aromatic nitrogens is 3. The van der Waals surface area contributed by atoms with Gasteiger partial charge in [0.15, 0.2) is 5.78 Å². The summed E-state index contributed by atoms with van der Waals surface area (Å²) in [6, 6.07) is 20.3. The summed E-state index contributed by atoms with van der Waals surface area (Å²) < 4.78 is 1.11. The quantitative estimate of drug-likeness (QED) is 0.545. The summed E-state index contributed by atoms with van der Waals surface area (Å²) in [7, 11) is 0. The Kier molecular flexibility index (Phi) is 3.39. The van der Waals surface area contributed by atoms with Crippen molar-refractivity contribution in [2.24, 2.45) is 0 Å². The van der Waals surface area contributed by atoms with Gasteiger partial charge in [0.2, 0.25) is 0 Å². The molecule has 24 heavy (non-hydrogen) atoms. The Hall–Kier alpha value is -3.34. The average molecular weight is 315 g/mol. The lowest BCUT2D eigenvalue weighted by Gasteiger charge is -2.05. The predicted octanol–water partition coefficient (Wildman–Crippen LogP) is 2.83. The van der Waals surface area contributed by atoms with E-state index in [2.05, 4.69) is 10.3 Å². The van der Waals surface area contributed by atoms with Crippen LogP contribution in [-0.4, -0.2) is 20.8 Å². The fraction of sp³-hybridized carbons (Fsp3) is 0.0526. The number of hydrogen-bond donors (Lipinski definition) is 0. The van der Waals surface area contributed by atoms with Crippen molar-refractivity contribution in [2.45, 2.75) is 6.54 Å². The van der Waals surface area contributed by atoms with Crippen LogP contribution < -0.4 is 5.56 Å². The molecule has 5 nitrogen and oxygen atoms in total. The lowest BCUT2D eigenvalue weighted by atomic mass is 10.0. The summed E-state index contributed by atoms with van der Waals surface area (Å²) in [6.07, 6.45) is 0. The van der Waals surface area contributed by atoms with Crippen LogP contribution in [0.1, 0.15) is 10.4 Å². The van der Waals surface area contributed by atoms with Gasteiger partial charge >= 0.3 is 0 Å². The van der Waals surface area contributed by atoms with Crippen molar-refractivity contribution in [2.75, 3.05) is 0 Å². The molecule has 0 unspecified atom stereocenters. The van der Waals surface area contributed by atoms with E-state index in [0.29, 0.717) is 16.5 Å². The molecule has 4 rings (SSSR count). The molecule has 1 aromatic heterocycles. The van der Waals surface area contributed by atoms with Crippen LogP contribution in [0.25, 0.3) is 21.7 Å². The van der Waals surface area contributed by atoms with Crippen LogP contribution in [0.5, 0.6) is 0 Å². The Morgan fingerprint density at radius 2 is 1.67 bits per heavy atom. The Labute approximate surface area is 137 Å². The van der Waals surface area contributed by atoms with Gasteiger partial charge in [0.1, 0.15) is 12.1 Å². The van der Waals surface area contributed by atoms with Crippen molar-refractivity contribution in [3.63, 3.8) is 0 Å².